The number of carbonyl (C=O) groups excluding carboxylic acids is 2. The first kappa shape index (κ1) is 22.1. The summed E-state index contributed by atoms with van der Waals surface area (Å²) >= 11 is 3.61. The lowest BCUT2D eigenvalue weighted by Gasteiger charge is -2.36. The SMILES string of the molecule is CC(C)(C)OC(=O)N(c1c(Br)cnc2[nH]cc(NC(=O)CC3CC3)c12)[C@@H]1CCCNC1. The molecule has 1 aliphatic heterocycles. The Labute approximate surface area is 190 Å². The van der Waals surface area contributed by atoms with E-state index in [1.54, 1.807) is 17.3 Å². The summed E-state index contributed by atoms with van der Waals surface area (Å²) in [6, 6.07) is -0.0737. The van der Waals surface area contributed by atoms with E-state index in [0.717, 1.165) is 32.2 Å². The second kappa shape index (κ2) is 8.78. The predicted molar refractivity (Wildman–Crippen MR) is 124 cm³/mol. The van der Waals surface area contributed by atoms with Crippen LogP contribution in [0.2, 0.25) is 0 Å². The quantitative estimate of drug-likeness (QED) is 0.569. The summed E-state index contributed by atoms with van der Waals surface area (Å²) < 4.78 is 6.47. The van der Waals surface area contributed by atoms with Crippen molar-refractivity contribution in [3.8, 4) is 0 Å². The van der Waals surface area contributed by atoms with Crippen molar-refractivity contribution in [3.05, 3.63) is 16.9 Å². The van der Waals surface area contributed by atoms with Crippen molar-refractivity contribution in [1.82, 2.24) is 15.3 Å². The molecule has 1 atom stereocenters. The number of halogens is 1. The first-order valence-electron chi connectivity index (χ1n) is 10.9. The van der Waals surface area contributed by atoms with E-state index in [-0.39, 0.29) is 11.9 Å². The van der Waals surface area contributed by atoms with Gasteiger partial charge in [0.25, 0.3) is 0 Å². The topological polar surface area (TPSA) is 99.3 Å². The van der Waals surface area contributed by atoms with Crippen LogP contribution in [0.3, 0.4) is 0 Å². The van der Waals surface area contributed by atoms with Gasteiger partial charge in [-0.05, 0) is 74.8 Å². The lowest BCUT2D eigenvalue weighted by Crippen LogP contribution is -2.50. The number of fused-ring (bicyclic) bond motifs is 1. The van der Waals surface area contributed by atoms with Crippen molar-refractivity contribution in [2.24, 2.45) is 5.92 Å². The number of amides is 2. The van der Waals surface area contributed by atoms with Crippen LogP contribution in [0, 0.1) is 5.92 Å². The molecule has 0 unspecified atom stereocenters. The molecule has 31 heavy (non-hydrogen) atoms. The molecule has 3 heterocycles. The minimum Gasteiger partial charge on any atom is -0.443 e. The van der Waals surface area contributed by atoms with E-state index in [1.807, 2.05) is 20.8 Å². The molecule has 2 aromatic rings. The third kappa shape index (κ3) is 5.20. The minimum absolute atomic E-state index is 0.0162. The van der Waals surface area contributed by atoms with Gasteiger partial charge in [-0.15, -0.1) is 0 Å². The van der Waals surface area contributed by atoms with Crippen LogP contribution in [0.1, 0.15) is 52.9 Å². The van der Waals surface area contributed by atoms with E-state index in [2.05, 4.69) is 36.5 Å². The Morgan fingerprint density at radius 2 is 2.10 bits per heavy atom. The molecule has 2 aromatic heterocycles. The summed E-state index contributed by atoms with van der Waals surface area (Å²) in [6.07, 6.45) is 7.57. The molecule has 2 amide bonds. The van der Waals surface area contributed by atoms with Crippen molar-refractivity contribution in [1.29, 1.82) is 0 Å². The fourth-order valence-corrected chi connectivity index (χ4v) is 4.45. The van der Waals surface area contributed by atoms with E-state index < -0.39 is 11.7 Å². The maximum atomic E-state index is 13.4. The number of hydrogen-bond acceptors (Lipinski definition) is 5. The molecule has 3 N–H and O–H groups in total. The number of hydrogen-bond donors (Lipinski definition) is 3. The minimum atomic E-state index is -0.629. The summed E-state index contributed by atoms with van der Waals surface area (Å²) in [5, 5.41) is 7.11. The van der Waals surface area contributed by atoms with Gasteiger partial charge in [-0.3, -0.25) is 9.69 Å². The second-order valence-corrected chi connectivity index (χ2v) is 10.3. The Morgan fingerprint density at radius 1 is 1.32 bits per heavy atom. The summed E-state index contributed by atoms with van der Waals surface area (Å²) in [5.41, 5.74) is 1.27. The molecule has 1 saturated heterocycles. The van der Waals surface area contributed by atoms with E-state index >= 15 is 0 Å². The highest BCUT2D eigenvalue weighted by Crippen LogP contribution is 2.40. The van der Waals surface area contributed by atoms with Gasteiger partial charge in [0.2, 0.25) is 5.91 Å². The molecule has 2 fully saturated rings. The number of nitrogens with one attached hydrogen (secondary N) is 3. The highest BCUT2D eigenvalue weighted by Gasteiger charge is 2.34. The summed E-state index contributed by atoms with van der Waals surface area (Å²) in [5.74, 6) is 0.471. The zero-order valence-electron chi connectivity index (χ0n) is 18.3. The van der Waals surface area contributed by atoms with Crippen molar-refractivity contribution in [2.75, 3.05) is 23.3 Å². The van der Waals surface area contributed by atoms with Crippen LogP contribution in [0.15, 0.2) is 16.9 Å². The van der Waals surface area contributed by atoms with Crippen LogP contribution in [0.25, 0.3) is 11.0 Å². The number of nitrogens with zero attached hydrogens (tertiary/aromatic N) is 2. The Balaban J connectivity index is 1.76. The van der Waals surface area contributed by atoms with Crippen LogP contribution in [-0.4, -0.2) is 46.7 Å². The summed E-state index contributed by atoms with van der Waals surface area (Å²) in [4.78, 5) is 35.2. The average molecular weight is 492 g/mol. The van der Waals surface area contributed by atoms with Crippen LogP contribution in [-0.2, 0) is 9.53 Å². The number of aromatic amines is 1. The first-order chi connectivity index (χ1) is 14.7. The van der Waals surface area contributed by atoms with E-state index in [1.165, 1.54) is 0 Å². The zero-order chi connectivity index (χ0) is 22.2. The van der Waals surface area contributed by atoms with Crippen LogP contribution in [0.5, 0.6) is 0 Å². The second-order valence-electron chi connectivity index (χ2n) is 9.43. The van der Waals surface area contributed by atoms with Crippen molar-refractivity contribution in [2.45, 2.75) is 64.5 Å². The number of ether oxygens (including phenoxy) is 1. The molecule has 1 aliphatic carbocycles. The molecule has 0 aromatic carbocycles. The fraction of sp³-hybridized carbons (Fsp3) is 0.591. The van der Waals surface area contributed by atoms with E-state index in [4.69, 9.17) is 4.74 Å². The summed E-state index contributed by atoms with van der Waals surface area (Å²) in [6.45, 7) is 7.18. The predicted octanol–water partition coefficient (Wildman–Crippen LogP) is 4.56. The lowest BCUT2D eigenvalue weighted by atomic mass is 10.0. The largest absolute Gasteiger partial charge is 0.443 e. The molecule has 168 valence electrons. The maximum Gasteiger partial charge on any atom is 0.415 e. The smallest absolute Gasteiger partial charge is 0.415 e. The molecule has 4 rings (SSSR count). The normalized spacial score (nSPS) is 19.3. The van der Waals surface area contributed by atoms with Crippen molar-refractivity contribution >= 4 is 50.3 Å². The molecule has 9 heteroatoms. The molecule has 0 spiro atoms. The molecule has 0 bridgehead atoms. The highest BCUT2D eigenvalue weighted by molar-refractivity contribution is 9.10. The lowest BCUT2D eigenvalue weighted by molar-refractivity contribution is -0.116. The van der Waals surface area contributed by atoms with E-state index in [9.17, 15) is 9.59 Å². The first-order valence-corrected chi connectivity index (χ1v) is 11.7. The van der Waals surface area contributed by atoms with Gasteiger partial charge < -0.3 is 20.4 Å². The van der Waals surface area contributed by atoms with Gasteiger partial charge in [-0.2, -0.15) is 0 Å². The van der Waals surface area contributed by atoms with Gasteiger partial charge in [-0.25, -0.2) is 9.78 Å². The highest BCUT2D eigenvalue weighted by atomic mass is 79.9. The van der Waals surface area contributed by atoms with Crippen LogP contribution in [0.4, 0.5) is 16.2 Å². The van der Waals surface area contributed by atoms with Gasteiger partial charge in [0.05, 0.1) is 27.3 Å². The summed E-state index contributed by atoms with van der Waals surface area (Å²) in [7, 11) is 0. The van der Waals surface area contributed by atoms with Gasteiger partial charge >= 0.3 is 6.09 Å². The Kier molecular flexibility index (Phi) is 6.25. The standard InChI is InChI=1S/C22H30BrN5O3/c1-22(2,3)31-21(30)28(14-5-4-8-24-10-14)19-15(23)11-25-20-18(19)16(12-26-20)27-17(29)9-13-6-7-13/h11-14,24H,4-10H2,1-3H3,(H,25,26)(H,27,29)/t14-/m1/s1. The number of H-pyrrole nitrogens is 1. The number of carbonyl (C=O) groups is 2. The zero-order valence-corrected chi connectivity index (χ0v) is 19.8. The average Bonchev–Trinajstić information content (AvgIpc) is 3.42. The van der Waals surface area contributed by atoms with Gasteiger partial charge in [0, 0.05) is 25.4 Å². The number of anilines is 2. The van der Waals surface area contributed by atoms with Crippen LogP contribution < -0.4 is 15.5 Å². The number of pyridine rings is 1. The fourth-order valence-electron chi connectivity index (χ4n) is 3.96. The number of rotatable bonds is 5. The van der Waals surface area contributed by atoms with E-state index in [0.29, 0.717) is 45.8 Å². The van der Waals surface area contributed by atoms with Crippen LogP contribution >= 0.6 is 15.9 Å². The Hall–Kier alpha value is -2.13. The number of piperidine rings is 1. The maximum absolute atomic E-state index is 13.4. The Morgan fingerprint density at radius 3 is 2.74 bits per heavy atom. The Bertz CT molecular complexity index is 973. The molecule has 8 nitrogen and oxygen atoms in total. The van der Waals surface area contributed by atoms with Gasteiger partial charge in [-0.1, -0.05) is 0 Å². The third-order valence-electron chi connectivity index (χ3n) is 5.54. The molecule has 1 saturated carbocycles. The van der Waals surface area contributed by atoms with Gasteiger partial charge in [0.15, 0.2) is 0 Å². The van der Waals surface area contributed by atoms with Crippen molar-refractivity contribution < 1.29 is 14.3 Å². The van der Waals surface area contributed by atoms with Crippen molar-refractivity contribution in [3.63, 3.8) is 0 Å². The van der Waals surface area contributed by atoms with Gasteiger partial charge in [0.1, 0.15) is 11.2 Å². The third-order valence-corrected chi connectivity index (χ3v) is 6.12. The monoisotopic (exact) mass is 491 g/mol. The number of aromatic nitrogens is 2. The molecule has 0 radical (unpaired) electrons. The molecular weight excluding hydrogens is 462 g/mol. The molecular formula is C22H30BrN5O3. The molecule has 2 aliphatic rings.